The van der Waals surface area contributed by atoms with E-state index in [-0.39, 0.29) is 6.10 Å². The molecule has 1 aliphatic heterocycles. The Morgan fingerprint density at radius 2 is 1.63 bits per heavy atom. The Bertz CT molecular complexity index is 2010. The first-order chi connectivity index (χ1) is 20.9. The summed E-state index contributed by atoms with van der Waals surface area (Å²) >= 11 is 0. The van der Waals surface area contributed by atoms with Gasteiger partial charge in [-0.3, -0.25) is 15.0 Å². The maximum Gasteiger partial charge on any atom is 0.157 e. The van der Waals surface area contributed by atoms with Gasteiger partial charge in [0, 0.05) is 40.0 Å². The fourth-order valence-corrected chi connectivity index (χ4v) is 5.65. The number of hydrogen-bond donors (Lipinski definition) is 3. The van der Waals surface area contributed by atoms with Crippen molar-refractivity contribution in [2.24, 2.45) is 0 Å². The van der Waals surface area contributed by atoms with Gasteiger partial charge in [-0.25, -0.2) is 4.98 Å². The maximum atomic E-state index is 5.84. The van der Waals surface area contributed by atoms with E-state index in [2.05, 4.69) is 64.8 Å². The van der Waals surface area contributed by atoms with E-state index in [1.54, 1.807) is 6.20 Å². The summed E-state index contributed by atoms with van der Waals surface area (Å²) in [5.41, 5.74) is 13.2. The zero-order chi connectivity index (χ0) is 29.5. The van der Waals surface area contributed by atoms with Crippen molar-refractivity contribution in [1.29, 1.82) is 0 Å². The van der Waals surface area contributed by atoms with Gasteiger partial charge in [0.1, 0.15) is 5.69 Å². The molecule has 0 aliphatic carbocycles. The third-order valence-electron chi connectivity index (χ3n) is 7.83. The number of rotatable bonds is 6. The summed E-state index contributed by atoms with van der Waals surface area (Å²) in [6, 6.07) is 22.7. The Balaban J connectivity index is 1.14. The Kier molecular flexibility index (Phi) is 6.83. The zero-order valence-electron chi connectivity index (χ0n) is 24.7. The second-order valence-electron chi connectivity index (χ2n) is 11.3. The second-order valence-corrected chi connectivity index (χ2v) is 11.3. The van der Waals surface area contributed by atoms with Gasteiger partial charge in [0.2, 0.25) is 0 Å². The molecule has 1 atom stereocenters. The van der Waals surface area contributed by atoms with E-state index in [0.29, 0.717) is 6.61 Å². The van der Waals surface area contributed by atoms with E-state index >= 15 is 0 Å². The van der Waals surface area contributed by atoms with Crippen LogP contribution in [-0.2, 0) is 4.74 Å². The van der Waals surface area contributed by atoms with Crippen LogP contribution in [-0.4, -0.2) is 37.6 Å². The van der Waals surface area contributed by atoms with Crippen molar-refractivity contribution < 1.29 is 4.74 Å². The van der Waals surface area contributed by atoms with Crippen molar-refractivity contribution in [1.82, 2.24) is 24.9 Å². The van der Waals surface area contributed by atoms with E-state index in [1.165, 1.54) is 16.7 Å². The van der Waals surface area contributed by atoms with E-state index in [1.807, 2.05) is 56.4 Å². The topological polar surface area (TPSA) is 101 Å². The monoisotopic (exact) mass is 567 g/mol. The maximum absolute atomic E-state index is 5.84. The van der Waals surface area contributed by atoms with Crippen LogP contribution >= 0.6 is 0 Å². The number of nitrogens with zero attached hydrogens (tertiary/aromatic N) is 4. The lowest BCUT2D eigenvalue weighted by atomic mass is 9.92. The number of ether oxygens (including phenoxy) is 1. The average Bonchev–Trinajstić information content (AvgIpc) is 3.42. The molecule has 0 spiro atoms. The molecular formula is C35H33N7O. The molecule has 0 saturated carbocycles. The molecule has 6 aromatic rings. The van der Waals surface area contributed by atoms with Crippen molar-refractivity contribution in [3.8, 4) is 11.5 Å². The van der Waals surface area contributed by atoms with Crippen LogP contribution in [0.25, 0.3) is 39.0 Å². The minimum atomic E-state index is 0.217. The van der Waals surface area contributed by atoms with Crippen LogP contribution in [0.4, 0.5) is 22.7 Å². The quantitative estimate of drug-likeness (QED) is 0.186. The van der Waals surface area contributed by atoms with Gasteiger partial charge in [0.05, 0.1) is 41.1 Å². The predicted octanol–water partition coefficient (Wildman–Crippen LogP) is 8.25. The molecule has 8 nitrogen and oxygen atoms in total. The molecule has 7 rings (SSSR count). The lowest BCUT2D eigenvalue weighted by Gasteiger charge is -2.24. The van der Waals surface area contributed by atoms with Gasteiger partial charge >= 0.3 is 0 Å². The summed E-state index contributed by atoms with van der Waals surface area (Å²) in [5, 5.41) is 8.10. The number of aryl methyl sites for hydroxylation is 2. The molecular weight excluding hydrogens is 534 g/mol. The van der Waals surface area contributed by atoms with Crippen molar-refractivity contribution in [3.63, 3.8) is 0 Å². The van der Waals surface area contributed by atoms with E-state index in [0.717, 1.165) is 74.0 Å². The largest absolute Gasteiger partial charge is 0.374 e. The number of nitrogens with one attached hydrogen (secondary N) is 3. The normalized spacial score (nSPS) is 15.3. The number of aromatic nitrogens is 5. The summed E-state index contributed by atoms with van der Waals surface area (Å²) in [5.74, 6) is 0.725. The minimum Gasteiger partial charge on any atom is -0.374 e. The number of fused-ring (bicyclic) bond motifs is 2. The number of aromatic amines is 1. The Labute approximate surface area is 250 Å². The predicted molar refractivity (Wildman–Crippen MR) is 174 cm³/mol. The van der Waals surface area contributed by atoms with Gasteiger partial charge in [-0.15, -0.1) is 0 Å². The van der Waals surface area contributed by atoms with Gasteiger partial charge in [0.15, 0.2) is 5.82 Å². The Morgan fingerprint density at radius 3 is 2.47 bits per heavy atom. The van der Waals surface area contributed by atoms with Crippen molar-refractivity contribution in [3.05, 3.63) is 102 Å². The molecule has 1 aliphatic rings. The van der Waals surface area contributed by atoms with E-state index in [4.69, 9.17) is 19.7 Å². The standard InChI is InChI=1S/C35H33N7O/c1-20-19-43-23(4)15-28(20)24-5-8-30-29(16-24)33(14-22(3)38-30)40-27-7-10-32(37-18-27)35-41-31-9-6-25(17-34(31)42-35)39-26-11-12-36-21(2)13-26/h5-14,16-18,23H,15,19H2,1-4H3,(H,36,39)(H,38,40)(H,41,42)/t23-/m0/s1. The molecule has 0 fully saturated rings. The second kappa shape index (κ2) is 11.0. The van der Waals surface area contributed by atoms with Crippen LogP contribution < -0.4 is 10.6 Å². The van der Waals surface area contributed by atoms with Gasteiger partial charge < -0.3 is 20.4 Å². The van der Waals surface area contributed by atoms with Gasteiger partial charge in [0.25, 0.3) is 0 Å². The smallest absolute Gasteiger partial charge is 0.157 e. The van der Waals surface area contributed by atoms with E-state index in [9.17, 15) is 0 Å². The highest BCUT2D eigenvalue weighted by Gasteiger charge is 2.18. The Hall–Kier alpha value is -5.08. The SMILES string of the molecule is CC1=C(c2ccc3nc(C)cc(Nc4ccc(-c5nc6ccc(Nc7ccnc(C)c7)cc6[nH]5)nc4)c3c2)C[C@H](C)OC1. The molecule has 0 radical (unpaired) electrons. The molecule has 0 bridgehead atoms. The fraction of sp³-hybridized carbons (Fsp3) is 0.200. The first-order valence-electron chi connectivity index (χ1n) is 14.5. The average molecular weight is 568 g/mol. The van der Waals surface area contributed by atoms with Crippen molar-refractivity contribution in [2.45, 2.75) is 40.2 Å². The van der Waals surface area contributed by atoms with Gasteiger partial charge in [-0.2, -0.15) is 0 Å². The highest BCUT2D eigenvalue weighted by atomic mass is 16.5. The summed E-state index contributed by atoms with van der Waals surface area (Å²) in [7, 11) is 0. The summed E-state index contributed by atoms with van der Waals surface area (Å²) in [6.45, 7) is 8.97. The van der Waals surface area contributed by atoms with Gasteiger partial charge in [-0.1, -0.05) is 6.07 Å². The van der Waals surface area contributed by atoms with Crippen LogP contribution in [0.1, 0.15) is 37.2 Å². The van der Waals surface area contributed by atoms with Crippen molar-refractivity contribution >= 4 is 50.3 Å². The molecule has 0 saturated heterocycles. The number of imidazole rings is 1. The first-order valence-corrected chi connectivity index (χ1v) is 14.5. The summed E-state index contributed by atoms with van der Waals surface area (Å²) in [6.07, 6.45) is 4.78. The molecule has 3 N–H and O–H groups in total. The number of hydrogen-bond acceptors (Lipinski definition) is 7. The number of pyridine rings is 3. The number of benzene rings is 2. The third-order valence-corrected chi connectivity index (χ3v) is 7.83. The van der Waals surface area contributed by atoms with Crippen LogP contribution in [0.3, 0.4) is 0 Å². The number of H-pyrrole nitrogens is 1. The molecule has 214 valence electrons. The first kappa shape index (κ1) is 26.8. The zero-order valence-corrected chi connectivity index (χ0v) is 24.7. The Morgan fingerprint density at radius 1 is 0.791 bits per heavy atom. The highest BCUT2D eigenvalue weighted by molar-refractivity contribution is 5.95. The van der Waals surface area contributed by atoms with Crippen LogP contribution in [0.2, 0.25) is 0 Å². The highest BCUT2D eigenvalue weighted by Crippen LogP contribution is 2.34. The summed E-state index contributed by atoms with van der Waals surface area (Å²) in [4.78, 5) is 22.0. The van der Waals surface area contributed by atoms with Crippen LogP contribution in [0.5, 0.6) is 0 Å². The van der Waals surface area contributed by atoms with Crippen LogP contribution in [0.15, 0.2) is 84.7 Å². The fourth-order valence-electron chi connectivity index (χ4n) is 5.65. The van der Waals surface area contributed by atoms with Crippen LogP contribution in [0, 0.1) is 13.8 Å². The summed E-state index contributed by atoms with van der Waals surface area (Å²) < 4.78 is 5.84. The molecule has 0 amide bonds. The van der Waals surface area contributed by atoms with E-state index < -0.39 is 0 Å². The molecule has 8 heteroatoms. The minimum absolute atomic E-state index is 0.217. The molecule has 4 aromatic heterocycles. The molecule has 0 unspecified atom stereocenters. The lowest BCUT2D eigenvalue weighted by molar-refractivity contribution is 0.0791. The third kappa shape index (κ3) is 5.57. The molecule has 2 aromatic carbocycles. The lowest BCUT2D eigenvalue weighted by Crippen LogP contribution is -2.17. The number of anilines is 4. The van der Waals surface area contributed by atoms with Gasteiger partial charge in [-0.05, 0) is 111 Å². The molecule has 43 heavy (non-hydrogen) atoms. The van der Waals surface area contributed by atoms with Crippen molar-refractivity contribution in [2.75, 3.05) is 17.2 Å². The molecule has 5 heterocycles.